The van der Waals surface area contributed by atoms with Gasteiger partial charge in [-0.1, -0.05) is 49.4 Å². The number of aromatic nitrogens is 3. The molecule has 13 nitrogen and oxygen atoms in total. The molecular formula is C32H35N5O8S2Si. The van der Waals surface area contributed by atoms with Gasteiger partial charge in [0, 0.05) is 38.9 Å². The zero-order valence-electron chi connectivity index (χ0n) is 26.9. The van der Waals surface area contributed by atoms with Crippen LogP contribution in [0, 0.1) is 10.1 Å². The highest BCUT2D eigenvalue weighted by Gasteiger charge is 2.29. The molecule has 0 saturated heterocycles. The van der Waals surface area contributed by atoms with E-state index in [2.05, 4.69) is 19.6 Å². The fourth-order valence-electron chi connectivity index (χ4n) is 5.54. The van der Waals surface area contributed by atoms with Gasteiger partial charge in [-0.05, 0) is 43.3 Å². The van der Waals surface area contributed by atoms with Crippen molar-refractivity contribution in [2.45, 2.75) is 56.9 Å². The Bertz CT molecular complexity index is 2260. The number of nitro benzene ring substituents is 1. The summed E-state index contributed by atoms with van der Waals surface area (Å²) in [6.45, 7) is 8.79. The van der Waals surface area contributed by atoms with Gasteiger partial charge in [-0.2, -0.15) is 4.31 Å². The average Bonchev–Trinajstić information content (AvgIpc) is 3.36. The van der Waals surface area contributed by atoms with E-state index < -0.39 is 29.1 Å². The molecule has 0 unspecified atom stereocenters. The first-order valence-corrected chi connectivity index (χ1v) is 21.3. The van der Waals surface area contributed by atoms with Gasteiger partial charge in [-0.3, -0.25) is 28.2 Å². The maximum absolute atomic E-state index is 14.1. The highest BCUT2D eigenvalue weighted by molar-refractivity contribution is 7.89. The van der Waals surface area contributed by atoms with Crippen LogP contribution in [0.4, 0.5) is 5.69 Å². The summed E-state index contributed by atoms with van der Waals surface area (Å²) in [6, 6.07) is 15.9. The monoisotopic (exact) mass is 709 g/mol. The maximum atomic E-state index is 14.1. The van der Waals surface area contributed by atoms with Gasteiger partial charge in [-0.25, -0.2) is 13.4 Å². The Labute approximate surface area is 281 Å². The molecule has 0 amide bonds. The van der Waals surface area contributed by atoms with Crippen LogP contribution in [0.3, 0.4) is 0 Å². The highest BCUT2D eigenvalue weighted by Crippen LogP contribution is 2.32. The van der Waals surface area contributed by atoms with Gasteiger partial charge in [0.15, 0.2) is 0 Å². The second-order valence-electron chi connectivity index (χ2n) is 12.9. The molecule has 0 N–H and O–H groups in total. The van der Waals surface area contributed by atoms with E-state index in [0.717, 1.165) is 29.7 Å². The molecule has 0 spiro atoms. The van der Waals surface area contributed by atoms with E-state index >= 15 is 0 Å². The molecule has 3 aromatic carbocycles. The molecule has 48 heavy (non-hydrogen) atoms. The number of fused-ring (bicyclic) bond motifs is 3. The number of para-hydroxylation sites is 1. The Morgan fingerprint density at radius 2 is 1.77 bits per heavy atom. The first kappa shape index (κ1) is 33.7. The summed E-state index contributed by atoms with van der Waals surface area (Å²) in [6.07, 6.45) is -0.705. The fourth-order valence-corrected chi connectivity index (χ4v) is 8.89. The van der Waals surface area contributed by atoms with Crippen LogP contribution in [0.25, 0.3) is 32.4 Å². The van der Waals surface area contributed by atoms with E-state index in [1.54, 1.807) is 43.3 Å². The van der Waals surface area contributed by atoms with E-state index in [1.165, 1.54) is 25.0 Å². The van der Waals surface area contributed by atoms with Crippen LogP contribution >= 0.6 is 11.5 Å². The van der Waals surface area contributed by atoms with Crippen LogP contribution in [0.2, 0.25) is 25.7 Å². The van der Waals surface area contributed by atoms with Gasteiger partial charge in [0.05, 0.1) is 38.5 Å². The minimum Gasteiger partial charge on any atom is -0.487 e. The van der Waals surface area contributed by atoms with Crippen LogP contribution in [0.5, 0.6) is 5.75 Å². The van der Waals surface area contributed by atoms with Gasteiger partial charge < -0.3 is 9.47 Å². The highest BCUT2D eigenvalue weighted by atomic mass is 32.2. The van der Waals surface area contributed by atoms with Crippen molar-refractivity contribution >= 4 is 56.4 Å². The van der Waals surface area contributed by atoms with E-state index in [9.17, 15) is 28.1 Å². The number of nitrogens with zero attached hydrogens (tertiary/aromatic N) is 5. The third kappa shape index (κ3) is 6.58. The lowest BCUT2D eigenvalue weighted by Gasteiger charge is -2.26. The van der Waals surface area contributed by atoms with Crippen molar-refractivity contribution in [3.05, 3.63) is 91.5 Å². The maximum Gasteiger partial charge on any atom is 0.279 e. The zero-order chi connectivity index (χ0) is 34.4. The number of benzene rings is 3. The Morgan fingerprint density at radius 1 is 1.04 bits per heavy atom. The SMILES string of the molecule is C[C@H]1CN(S(=O)(=O)c2ccc([N+](=O)[O-])cc2)CCn2sc3c(cccc3c2=O)-c2nc3c(cccc3n(COCC[Si](C)(C)C)c2=O)O1. The summed E-state index contributed by atoms with van der Waals surface area (Å²) in [5, 5.41) is 11.6. The minimum atomic E-state index is -4.17. The average molecular weight is 710 g/mol. The second kappa shape index (κ2) is 13.0. The standard InChI is InChI=1S/C32H35N5O8S2Si/c1-21-19-34(47(42,43)23-13-11-22(12-14-23)37(40)41)15-16-36-31(38)25-8-5-7-24(30(25)46-36)28-32(39)35(20-44-17-18-48(2,3)4)26-9-6-10-27(45-21)29(26)33-28/h5-14,21H,15-20H2,1-4H3/t21-/m0/s1. The van der Waals surface area contributed by atoms with Crippen LogP contribution in [-0.4, -0.2) is 65.0 Å². The van der Waals surface area contributed by atoms with Crippen molar-refractivity contribution in [1.29, 1.82) is 0 Å². The molecule has 6 rings (SSSR count). The summed E-state index contributed by atoms with van der Waals surface area (Å²) >= 11 is 1.14. The molecule has 1 aliphatic rings. The number of sulfonamides is 1. The third-order valence-corrected chi connectivity index (χ3v) is 12.9. The van der Waals surface area contributed by atoms with Gasteiger partial charge in [-0.15, -0.1) is 0 Å². The van der Waals surface area contributed by atoms with Crippen molar-refractivity contribution in [3.8, 4) is 17.0 Å². The van der Waals surface area contributed by atoms with E-state index in [-0.39, 0.29) is 53.8 Å². The summed E-state index contributed by atoms with van der Waals surface area (Å²) in [7, 11) is -5.55. The number of non-ortho nitro benzene ring substituents is 1. The van der Waals surface area contributed by atoms with E-state index in [0.29, 0.717) is 39.0 Å². The predicted molar refractivity (Wildman–Crippen MR) is 187 cm³/mol. The molecular weight excluding hydrogens is 675 g/mol. The minimum absolute atomic E-state index is 0.0111. The Balaban J connectivity index is 1.50. The van der Waals surface area contributed by atoms with Crippen molar-refractivity contribution in [3.63, 3.8) is 0 Å². The lowest BCUT2D eigenvalue weighted by atomic mass is 10.1. The van der Waals surface area contributed by atoms with Crippen molar-refractivity contribution in [1.82, 2.24) is 17.8 Å². The van der Waals surface area contributed by atoms with Crippen LogP contribution in [-0.2, 0) is 28.0 Å². The fraction of sp³-hybridized carbons (Fsp3) is 0.344. The lowest BCUT2D eigenvalue weighted by molar-refractivity contribution is -0.384. The normalized spacial score (nSPS) is 16.0. The summed E-state index contributed by atoms with van der Waals surface area (Å²) in [5.41, 5.74) is 0.584. The molecule has 1 atom stereocenters. The molecule has 5 aromatic rings. The molecule has 0 fully saturated rings. The molecule has 1 aliphatic heterocycles. The topological polar surface area (TPSA) is 156 Å². The molecule has 0 aliphatic carbocycles. The molecule has 252 valence electrons. The Kier molecular flexibility index (Phi) is 9.12. The number of hydrogen-bond acceptors (Lipinski definition) is 10. The molecule has 2 aromatic heterocycles. The number of ether oxygens (including phenoxy) is 2. The summed E-state index contributed by atoms with van der Waals surface area (Å²) in [4.78, 5) is 43.0. The van der Waals surface area contributed by atoms with E-state index in [4.69, 9.17) is 14.5 Å². The molecule has 16 heteroatoms. The van der Waals surface area contributed by atoms with Gasteiger partial charge >= 0.3 is 0 Å². The first-order chi connectivity index (χ1) is 22.7. The predicted octanol–water partition coefficient (Wildman–Crippen LogP) is 5.13. The Hall–Kier alpha value is -4.22. The van der Waals surface area contributed by atoms with Crippen LogP contribution in [0.1, 0.15) is 6.92 Å². The third-order valence-electron chi connectivity index (χ3n) is 8.11. The van der Waals surface area contributed by atoms with Gasteiger partial charge in [0.2, 0.25) is 10.0 Å². The smallest absolute Gasteiger partial charge is 0.279 e. The van der Waals surface area contributed by atoms with Crippen molar-refractivity contribution in [2.75, 3.05) is 19.7 Å². The summed E-state index contributed by atoms with van der Waals surface area (Å²) < 4.78 is 45.0. The van der Waals surface area contributed by atoms with Crippen LogP contribution in [0.15, 0.2) is 75.1 Å². The first-order valence-electron chi connectivity index (χ1n) is 15.4. The van der Waals surface area contributed by atoms with Gasteiger partial charge in [0.1, 0.15) is 29.8 Å². The van der Waals surface area contributed by atoms with Crippen LogP contribution < -0.4 is 15.9 Å². The number of nitro groups is 1. The molecule has 3 heterocycles. The second-order valence-corrected chi connectivity index (χ2v) is 21.5. The molecule has 0 saturated carbocycles. The quantitative estimate of drug-likeness (QED) is 0.0923. The zero-order valence-corrected chi connectivity index (χ0v) is 29.5. The Morgan fingerprint density at radius 3 is 2.48 bits per heavy atom. The molecule has 0 radical (unpaired) electrons. The summed E-state index contributed by atoms with van der Waals surface area (Å²) in [5.74, 6) is 0.347. The largest absolute Gasteiger partial charge is 0.487 e. The van der Waals surface area contributed by atoms with Crippen molar-refractivity contribution in [2.24, 2.45) is 0 Å². The van der Waals surface area contributed by atoms with Crippen molar-refractivity contribution < 1.29 is 22.8 Å². The number of rotatable bonds is 8. The number of hydrogen-bond donors (Lipinski definition) is 0. The van der Waals surface area contributed by atoms with E-state index in [1.807, 2.05) is 0 Å². The molecule has 4 bridgehead atoms. The lowest BCUT2D eigenvalue weighted by Crippen LogP contribution is -2.41. The van der Waals surface area contributed by atoms with Gasteiger partial charge in [0.25, 0.3) is 16.8 Å².